The molecule has 0 unspecified atom stereocenters. The van der Waals surface area contributed by atoms with Gasteiger partial charge in [0.1, 0.15) is 17.6 Å². The lowest BCUT2D eigenvalue weighted by molar-refractivity contribution is -0.116. The van der Waals surface area contributed by atoms with E-state index in [4.69, 9.17) is 10.00 Å². The van der Waals surface area contributed by atoms with Gasteiger partial charge in [-0.15, -0.1) is 0 Å². The molecule has 118 valence electrons. The van der Waals surface area contributed by atoms with Gasteiger partial charge in [-0.1, -0.05) is 12.1 Å². The first-order valence-corrected chi connectivity index (χ1v) is 7.25. The number of amides is 1. The van der Waals surface area contributed by atoms with E-state index in [9.17, 15) is 9.18 Å². The summed E-state index contributed by atoms with van der Waals surface area (Å²) in [6.07, 6.45) is 1.83. The van der Waals surface area contributed by atoms with E-state index in [1.165, 1.54) is 18.2 Å². The third kappa shape index (κ3) is 4.82. The van der Waals surface area contributed by atoms with E-state index in [-0.39, 0.29) is 11.5 Å². The molecule has 0 fully saturated rings. The van der Waals surface area contributed by atoms with Gasteiger partial charge in [-0.3, -0.25) is 4.79 Å². The topological polar surface area (TPSA) is 62.1 Å². The van der Waals surface area contributed by atoms with Crippen molar-refractivity contribution in [3.05, 3.63) is 59.4 Å². The smallest absolute Gasteiger partial charge is 0.224 e. The highest BCUT2D eigenvalue weighted by Crippen LogP contribution is 2.15. The van der Waals surface area contributed by atoms with E-state index in [2.05, 4.69) is 5.32 Å². The summed E-state index contributed by atoms with van der Waals surface area (Å²) in [7, 11) is 1.62. The fourth-order valence-corrected chi connectivity index (χ4v) is 2.16. The van der Waals surface area contributed by atoms with E-state index < -0.39 is 5.82 Å². The zero-order valence-corrected chi connectivity index (χ0v) is 12.8. The van der Waals surface area contributed by atoms with Gasteiger partial charge in [0.25, 0.3) is 0 Å². The average molecular weight is 312 g/mol. The van der Waals surface area contributed by atoms with Crippen molar-refractivity contribution >= 4 is 11.6 Å². The summed E-state index contributed by atoms with van der Waals surface area (Å²) in [5.74, 6) is 0.0510. The molecule has 0 aromatic heterocycles. The molecule has 0 aliphatic heterocycles. The second kappa shape index (κ2) is 7.95. The molecule has 23 heavy (non-hydrogen) atoms. The van der Waals surface area contributed by atoms with Crippen molar-refractivity contribution in [1.29, 1.82) is 5.26 Å². The molecule has 2 rings (SSSR count). The van der Waals surface area contributed by atoms with Crippen molar-refractivity contribution < 1.29 is 13.9 Å². The predicted molar refractivity (Wildman–Crippen MR) is 85.7 cm³/mol. The Labute approximate surface area is 134 Å². The normalized spacial score (nSPS) is 9.96. The van der Waals surface area contributed by atoms with Crippen LogP contribution in [0.3, 0.4) is 0 Å². The van der Waals surface area contributed by atoms with Crippen molar-refractivity contribution in [3.8, 4) is 11.8 Å². The quantitative estimate of drug-likeness (QED) is 0.885. The van der Waals surface area contributed by atoms with Crippen LogP contribution in [0.1, 0.15) is 24.0 Å². The van der Waals surface area contributed by atoms with E-state index in [0.717, 1.165) is 17.7 Å². The van der Waals surface area contributed by atoms with Crippen LogP contribution in [0, 0.1) is 17.1 Å². The largest absolute Gasteiger partial charge is 0.497 e. The van der Waals surface area contributed by atoms with Crippen molar-refractivity contribution in [3.63, 3.8) is 0 Å². The van der Waals surface area contributed by atoms with Gasteiger partial charge >= 0.3 is 0 Å². The van der Waals surface area contributed by atoms with Crippen LogP contribution >= 0.6 is 0 Å². The van der Waals surface area contributed by atoms with Crippen molar-refractivity contribution in [2.75, 3.05) is 12.4 Å². The summed E-state index contributed by atoms with van der Waals surface area (Å²) in [5.41, 5.74) is 1.48. The van der Waals surface area contributed by atoms with Gasteiger partial charge in [-0.2, -0.15) is 5.26 Å². The summed E-state index contributed by atoms with van der Waals surface area (Å²) < 4.78 is 18.3. The number of rotatable bonds is 6. The fraction of sp³-hybridized carbons (Fsp3) is 0.222. The van der Waals surface area contributed by atoms with Crippen molar-refractivity contribution in [2.45, 2.75) is 19.3 Å². The number of carbonyl (C=O) groups is 1. The number of ether oxygens (including phenoxy) is 1. The number of anilines is 1. The van der Waals surface area contributed by atoms with Crippen molar-refractivity contribution in [1.82, 2.24) is 0 Å². The molecule has 5 heteroatoms. The highest BCUT2D eigenvalue weighted by Gasteiger charge is 2.06. The molecule has 1 N–H and O–H groups in total. The van der Waals surface area contributed by atoms with Gasteiger partial charge in [0.15, 0.2) is 0 Å². The standard InChI is InChI=1S/C18H17FN2O2/c1-23-16-8-5-13(6-9-16)3-2-4-18(22)21-15-7-10-17(19)14(11-15)12-20/h5-11H,2-4H2,1H3,(H,21,22). The molecule has 0 atom stereocenters. The third-order valence-electron chi connectivity index (χ3n) is 3.40. The highest BCUT2D eigenvalue weighted by atomic mass is 19.1. The maximum absolute atomic E-state index is 13.2. The van der Waals surface area contributed by atoms with Crippen LogP contribution in [-0.4, -0.2) is 13.0 Å². The monoisotopic (exact) mass is 312 g/mol. The molecule has 0 aliphatic carbocycles. The van der Waals surface area contributed by atoms with E-state index in [1.807, 2.05) is 24.3 Å². The van der Waals surface area contributed by atoms with Crippen LogP contribution in [-0.2, 0) is 11.2 Å². The lowest BCUT2D eigenvalue weighted by Crippen LogP contribution is -2.11. The maximum Gasteiger partial charge on any atom is 0.224 e. The average Bonchev–Trinajstić information content (AvgIpc) is 2.57. The lowest BCUT2D eigenvalue weighted by atomic mass is 10.1. The van der Waals surface area contributed by atoms with Crippen LogP contribution in [0.25, 0.3) is 0 Å². The van der Waals surface area contributed by atoms with Gasteiger partial charge in [-0.25, -0.2) is 4.39 Å². The number of hydrogen-bond acceptors (Lipinski definition) is 3. The highest BCUT2D eigenvalue weighted by molar-refractivity contribution is 5.90. The maximum atomic E-state index is 13.2. The molecule has 0 bridgehead atoms. The zero-order valence-electron chi connectivity index (χ0n) is 12.8. The SMILES string of the molecule is COc1ccc(CCCC(=O)Nc2ccc(F)c(C#N)c2)cc1. The minimum Gasteiger partial charge on any atom is -0.497 e. The molecule has 0 spiro atoms. The molecule has 4 nitrogen and oxygen atoms in total. The van der Waals surface area contributed by atoms with Crippen LogP contribution in [0.2, 0.25) is 0 Å². The van der Waals surface area contributed by atoms with Gasteiger partial charge < -0.3 is 10.1 Å². The van der Waals surface area contributed by atoms with E-state index in [1.54, 1.807) is 13.2 Å². The number of hydrogen-bond donors (Lipinski definition) is 1. The summed E-state index contributed by atoms with van der Waals surface area (Å²) >= 11 is 0. The lowest BCUT2D eigenvalue weighted by Gasteiger charge is -2.06. The van der Waals surface area contributed by atoms with E-state index >= 15 is 0 Å². The second-order valence-electron chi connectivity index (χ2n) is 5.06. The molecule has 0 aliphatic rings. The second-order valence-corrected chi connectivity index (χ2v) is 5.06. The molecule has 0 saturated heterocycles. The Hall–Kier alpha value is -2.87. The van der Waals surface area contributed by atoms with Gasteiger partial charge in [0, 0.05) is 12.1 Å². The van der Waals surface area contributed by atoms with Crippen LogP contribution in [0.15, 0.2) is 42.5 Å². The summed E-state index contributed by atoms with van der Waals surface area (Å²) in [4.78, 5) is 11.9. The molecule has 2 aromatic carbocycles. The van der Waals surface area contributed by atoms with Gasteiger partial charge in [0.2, 0.25) is 5.91 Å². The third-order valence-corrected chi connectivity index (χ3v) is 3.40. The van der Waals surface area contributed by atoms with Crippen LogP contribution in [0.5, 0.6) is 5.75 Å². The predicted octanol–water partition coefficient (Wildman–Crippen LogP) is 3.67. The molecule has 0 saturated carbocycles. The first-order valence-electron chi connectivity index (χ1n) is 7.25. The first kappa shape index (κ1) is 16.5. The molecule has 2 aromatic rings. The first-order chi connectivity index (χ1) is 11.1. The number of nitrogens with zero attached hydrogens (tertiary/aromatic N) is 1. The number of methoxy groups -OCH3 is 1. The van der Waals surface area contributed by atoms with Crippen LogP contribution in [0.4, 0.5) is 10.1 Å². The molecular weight excluding hydrogens is 295 g/mol. The summed E-state index contributed by atoms with van der Waals surface area (Å²) in [6, 6.07) is 13.4. The number of benzene rings is 2. The summed E-state index contributed by atoms with van der Waals surface area (Å²) in [6.45, 7) is 0. The Kier molecular flexibility index (Phi) is 5.70. The van der Waals surface area contributed by atoms with Crippen LogP contribution < -0.4 is 10.1 Å². The molecular formula is C18H17FN2O2. The summed E-state index contributed by atoms with van der Waals surface area (Å²) in [5, 5.41) is 11.4. The number of carbonyl (C=O) groups excluding carboxylic acids is 1. The minimum absolute atomic E-state index is 0.0824. The number of halogens is 1. The Morgan fingerprint density at radius 3 is 2.65 bits per heavy atom. The van der Waals surface area contributed by atoms with Gasteiger partial charge in [0.05, 0.1) is 12.7 Å². The Bertz CT molecular complexity index is 721. The molecule has 1 amide bonds. The Balaban J connectivity index is 1.82. The number of aryl methyl sites for hydroxylation is 1. The number of nitrogens with one attached hydrogen (secondary N) is 1. The van der Waals surface area contributed by atoms with Crippen molar-refractivity contribution in [2.24, 2.45) is 0 Å². The van der Waals surface area contributed by atoms with E-state index in [0.29, 0.717) is 18.5 Å². The fourth-order valence-electron chi connectivity index (χ4n) is 2.16. The number of nitriles is 1. The van der Waals surface area contributed by atoms with Gasteiger partial charge in [-0.05, 0) is 48.7 Å². The Morgan fingerprint density at radius 2 is 2.00 bits per heavy atom. The molecule has 0 radical (unpaired) electrons. The Morgan fingerprint density at radius 1 is 1.26 bits per heavy atom. The zero-order chi connectivity index (χ0) is 16.7. The molecule has 0 heterocycles. The minimum atomic E-state index is -0.593.